The Hall–Kier alpha value is -2.45. The molecule has 3 rings (SSSR count). The quantitative estimate of drug-likeness (QED) is 0.578. The Balaban J connectivity index is 1.46. The van der Waals surface area contributed by atoms with Crippen LogP contribution in [0.3, 0.4) is 0 Å². The third-order valence-electron chi connectivity index (χ3n) is 4.83. The molecule has 9 heteroatoms. The smallest absolute Gasteiger partial charge is 0.325 e. The summed E-state index contributed by atoms with van der Waals surface area (Å²) in [5, 5.41) is 6.60. The second-order valence-corrected chi connectivity index (χ2v) is 6.79. The highest BCUT2D eigenvalue weighted by Crippen LogP contribution is 2.33. The number of rotatable bonds is 7. The topological polar surface area (TPSA) is 115 Å². The van der Waals surface area contributed by atoms with E-state index >= 15 is 0 Å². The first-order chi connectivity index (χ1) is 12.5. The zero-order valence-electron chi connectivity index (χ0n) is 15.0. The molecule has 2 aliphatic rings. The first-order valence-electron chi connectivity index (χ1n) is 9.15. The number of nitrogens with one attached hydrogen (secondary N) is 1. The minimum absolute atomic E-state index is 0.0101. The Labute approximate surface area is 151 Å². The zero-order chi connectivity index (χ0) is 18.6. The molecule has 9 nitrogen and oxygen atoms in total. The predicted octanol–water partition coefficient (Wildman–Crippen LogP) is 1.71. The van der Waals surface area contributed by atoms with Crippen molar-refractivity contribution >= 4 is 17.9 Å². The number of amides is 3. The SMILES string of the molecule is CCCc1noc(COC(=O)CCN2C(=O)NC3(CCCCC3)C2=O)n1. The predicted molar refractivity (Wildman–Crippen MR) is 88.8 cm³/mol. The number of imide groups is 1. The molecule has 1 aliphatic carbocycles. The molecule has 1 saturated heterocycles. The van der Waals surface area contributed by atoms with Crippen LogP contribution in [0.5, 0.6) is 0 Å². The van der Waals surface area contributed by atoms with E-state index in [9.17, 15) is 14.4 Å². The molecule has 1 aromatic rings. The number of urea groups is 1. The minimum Gasteiger partial charge on any atom is -0.456 e. The Kier molecular flexibility index (Phi) is 5.53. The van der Waals surface area contributed by atoms with Gasteiger partial charge in [-0.25, -0.2) is 4.79 Å². The van der Waals surface area contributed by atoms with Crippen molar-refractivity contribution in [2.75, 3.05) is 6.54 Å². The molecule has 1 saturated carbocycles. The van der Waals surface area contributed by atoms with Crippen molar-refractivity contribution in [1.29, 1.82) is 0 Å². The van der Waals surface area contributed by atoms with E-state index < -0.39 is 17.5 Å². The van der Waals surface area contributed by atoms with Gasteiger partial charge in [-0.1, -0.05) is 31.3 Å². The van der Waals surface area contributed by atoms with Crippen molar-refractivity contribution in [2.45, 2.75) is 70.4 Å². The Morgan fingerprint density at radius 2 is 2.08 bits per heavy atom. The van der Waals surface area contributed by atoms with Gasteiger partial charge in [-0.15, -0.1) is 0 Å². The number of hydrogen-bond acceptors (Lipinski definition) is 7. The lowest BCUT2D eigenvalue weighted by Crippen LogP contribution is -2.48. The van der Waals surface area contributed by atoms with E-state index in [2.05, 4.69) is 15.5 Å². The number of aromatic nitrogens is 2. The van der Waals surface area contributed by atoms with Gasteiger partial charge in [0.15, 0.2) is 12.4 Å². The van der Waals surface area contributed by atoms with Crippen molar-refractivity contribution in [1.82, 2.24) is 20.4 Å². The van der Waals surface area contributed by atoms with Gasteiger partial charge in [-0.2, -0.15) is 4.98 Å². The van der Waals surface area contributed by atoms with Crippen LogP contribution in [0.2, 0.25) is 0 Å². The lowest BCUT2D eigenvalue weighted by molar-refractivity contribution is -0.146. The van der Waals surface area contributed by atoms with Gasteiger partial charge < -0.3 is 14.6 Å². The first kappa shape index (κ1) is 18.3. The fourth-order valence-electron chi connectivity index (χ4n) is 3.46. The number of carbonyl (C=O) groups excluding carboxylic acids is 3. The van der Waals surface area contributed by atoms with Crippen molar-refractivity contribution in [3.63, 3.8) is 0 Å². The summed E-state index contributed by atoms with van der Waals surface area (Å²) in [6.45, 7) is 1.90. The van der Waals surface area contributed by atoms with Gasteiger partial charge >= 0.3 is 12.0 Å². The molecule has 1 N–H and O–H groups in total. The lowest BCUT2D eigenvalue weighted by atomic mass is 9.82. The molecule has 0 atom stereocenters. The molecule has 1 aliphatic heterocycles. The van der Waals surface area contributed by atoms with Crippen LogP contribution < -0.4 is 5.32 Å². The van der Waals surface area contributed by atoms with Gasteiger partial charge in [0, 0.05) is 13.0 Å². The van der Waals surface area contributed by atoms with Crippen LogP contribution in [0.1, 0.15) is 63.6 Å². The van der Waals surface area contributed by atoms with Crippen molar-refractivity contribution in [3.8, 4) is 0 Å². The van der Waals surface area contributed by atoms with Gasteiger partial charge in [0.25, 0.3) is 11.8 Å². The summed E-state index contributed by atoms with van der Waals surface area (Å²) in [5.74, 6) is 0.0650. The maximum Gasteiger partial charge on any atom is 0.325 e. The van der Waals surface area contributed by atoms with E-state index in [4.69, 9.17) is 9.26 Å². The molecule has 0 aromatic carbocycles. The summed E-state index contributed by atoms with van der Waals surface area (Å²) in [7, 11) is 0. The maximum atomic E-state index is 12.6. The summed E-state index contributed by atoms with van der Waals surface area (Å²) < 4.78 is 10.1. The van der Waals surface area contributed by atoms with E-state index in [0.717, 1.165) is 30.6 Å². The van der Waals surface area contributed by atoms with Crippen LogP contribution in [-0.4, -0.2) is 45.0 Å². The molecular formula is C17H24N4O5. The molecule has 0 unspecified atom stereocenters. The largest absolute Gasteiger partial charge is 0.456 e. The van der Waals surface area contributed by atoms with Gasteiger partial charge in [0.2, 0.25) is 0 Å². The highest BCUT2D eigenvalue weighted by Gasteiger charge is 2.51. The van der Waals surface area contributed by atoms with Crippen LogP contribution in [-0.2, 0) is 27.4 Å². The molecule has 1 spiro atoms. The highest BCUT2D eigenvalue weighted by atomic mass is 16.6. The fraction of sp³-hybridized carbons (Fsp3) is 0.706. The Morgan fingerprint density at radius 3 is 2.81 bits per heavy atom. The van der Waals surface area contributed by atoms with Crippen LogP contribution in [0.4, 0.5) is 4.79 Å². The third-order valence-corrected chi connectivity index (χ3v) is 4.83. The molecule has 2 fully saturated rings. The summed E-state index contributed by atoms with van der Waals surface area (Å²) >= 11 is 0. The second kappa shape index (κ2) is 7.84. The molecule has 142 valence electrons. The van der Waals surface area contributed by atoms with Crippen molar-refractivity contribution < 1.29 is 23.6 Å². The summed E-state index contributed by atoms with van der Waals surface area (Å²) in [4.78, 5) is 41.9. The third kappa shape index (κ3) is 3.86. The second-order valence-electron chi connectivity index (χ2n) is 6.79. The number of ether oxygens (including phenoxy) is 1. The average molecular weight is 364 g/mol. The lowest BCUT2D eigenvalue weighted by Gasteiger charge is -2.30. The van der Waals surface area contributed by atoms with Gasteiger partial charge in [0.1, 0.15) is 5.54 Å². The first-order valence-corrected chi connectivity index (χ1v) is 9.15. The average Bonchev–Trinajstić information content (AvgIpc) is 3.16. The highest BCUT2D eigenvalue weighted by molar-refractivity contribution is 6.07. The normalized spacial score (nSPS) is 19.0. The fourth-order valence-corrected chi connectivity index (χ4v) is 3.46. The van der Waals surface area contributed by atoms with Crippen molar-refractivity contribution in [3.05, 3.63) is 11.7 Å². The van der Waals surface area contributed by atoms with Crippen LogP contribution in [0.25, 0.3) is 0 Å². The molecule has 1 aromatic heterocycles. The maximum absolute atomic E-state index is 12.6. The summed E-state index contributed by atoms with van der Waals surface area (Å²) in [6, 6.07) is -0.425. The number of carbonyl (C=O) groups is 3. The number of hydrogen-bond donors (Lipinski definition) is 1. The summed E-state index contributed by atoms with van der Waals surface area (Å²) in [6.07, 6.45) is 5.78. The number of esters is 1. The van der Waals surface area contributed by atoms with E-state index in [1.165, 1.54) is 0 Å². The van der Waals surface area contributed by atoms with Crippen LogP contribution in [0, 0.1) is 0 Å². The molecular weight excluding hydrogens is 340 g/mol. The van der Waals surface area contributed by atoms with Crippen molar-refractivity contribution in [2.24, 2.45) is 0 Å². The van der Waals surface area contributed by atoms with Crippen LogP contribution in [0.15, 0.2) is 4.52 Å². The van der Waals surface area contributed by atoms with Gasteiger partial charge in [0.05, 0.1) is 6.42 Å². The van der Waals surface area contributed by atoms with Gasteiger partial charge in [-0.3, -0.25) is 14.5 Å². The standard InChI is InChI=1S/C17H24N4O5/c1-2-6-12-18-13(26-20-12)11-25-14(22)7-10-21-15(23)17(19-16(21)24)8-4-3-5-9-17/h2-11H2,1H3,(H,19,24). The molecule has 26 heavy (non-hydrogen) atoms. The Bertz CT molecular complexity index is 680. The Morgan fingerprint density at radius 1 is 1.31 bits per heavy atom. The van der Waals surface area contributed by atoms with E-state index in [0.29, 0.717) is 25.1 Å². The van der Waals surface area contributed by atoms with Gasteiger partial charge in [-0.05, 0) is 19.3 Å². The van der Waals surface area contributed by atoms with E-state index in [1.54, 1.807) is 0 Å². The van der Waals surface area contributed by atoms with Crippen LogP contribution >= 0.6 is 0 Å². The summed E-state index contributed by atoms with van der Waals surface area (Å²) in [5.41, 5.74) is -0.765. The zero-order valence-corrected chi connectivity index (χ0v) is 15.0. The number of nitrogens with zero attached hydrogens (tertiary/aromatic N) is 3. The number of aryl methyl sites for hydroxylation is 1. The monoisotopic (exact) mass is 364 g/mol. The minimum atomic E-state index is -0.765. The molecule has 0 radical (unpaired) electrons. The molecule has 2 heterocycles. The van der Waals surface area contributed by atoms with E-state index in [1.807, 2.05) is 6.92 Å². The molecule has 0 bridgehead atoms. The van der Waals surface area contributed by atoms with E-state index in [-0.39, 0.29) is 31.4 Å². The molecule has 3 amide bonds.